The van der Waals surface area contributed by atoms with E-state index in [1.807, 2.05) is 13.0 Å². The Balaban J connectivity index is 2.12. The van der Waals surface area contributed by atoms with Crippen molar-refractivity contribution < 1.29 is 9.18 Å². The lowest BCUT2D eigenvalue weighted by molar-refractivity contribution is 0.262. The van der Waals surface area contributed by atoms with Gasteiger partial charge in [-0.1, -0.05) is 30.4 Å². The smallest absolute Gasteiger partial charge is 0.323 e. The van der Waals surface area contributed by atoms with Gasteiger partial charge >= 0.3 is 6.03 Å². The summed E-state index contributed by atoms with van der Waals surface area (Å²) in [5.41, 5.74) is 8.06. The SMILES string of the molecule is Cc1ccc(C(N)=S)cc1NC(=O)Nc1cccc(F)c1. The number of benzene rings is 2. The van der Waals surface area contributed by atoms with Gasteiger partial charge in [-0.3, -0.25) is 0 Å². The predicted octanol–water partition coefficient (Wildman–Crippen LogP) is 3.41. The summed E-state index contributed by atoms with van der Waals surface area (Å²) >= 11 is 4.91. The van der Waals surface area contributed by atoms with E-state index < -0.39 is 11.8 Å². The molecule has 0 radical (unpaired) electrons. The molecule has 0 aromatic heterocycles. The number of urea groups is 1. The van der Waals surface area contributed by atoms with Crippen molar-refractivity contribution in [3.05, 3.63) is 59.4 Å². The number of aryl methyl sites for hydroxylation is 1. The lowest BCUT2D eigenvalue weighted by Crippen LogP contribution is -2.20. The molecule has 0 aliphatic heterocycles. The van der Waals surface area contributed by atoms with E-state index in [4.69, 9.17) is 18.0 Å². The van der Waals surface area contributed by atoms with Crippen molar-refractivity contribution in [1.29, 1.82) is 0 Å². The number of rotatable bonds is 3. The number of amides is 2. The zero-order valence-electron chi connectivity index (χ0n) is 11.3. The molecule has 0 spiro atoms. The van der Waals surface area contributed by atoms with E-state index in [-0.39, 0.29) is 4.99 Å². The first-order valence-electron chi connectivity index (χ1n) is 6.20. The van der Waals surface area contributed by atoms with Crippen molar-refractivity contribution in [2.75, 3.05) is 10.6 Å². The Morgan fingerprint density at radius 1 is 1.19 bits per heavy atom. The normalized spacial score (nSPS) is 10.0. The average molecular weight is 303 g/mol. The summed E-state index contributed by atoms with van der Waals surface area (Å²) in [6.07, 6.45) is 0. The highest BCUT2D eigenvalue weighted by atomic mass is 32.1. The number of nitrogens with two attached hydrogens (primary N) is 1. The van der Waals surface area contributed by atoms with Gasteiger partial charge in [-0.25, -0.2) is 9.18 Å². The molecule has 0 bridgehead atoms. The minimum atomic E-state index is -0.469. The fourth-order valence-corrected chi connectivity index (χ4v) is 1.89. The van der Waals surface area contributed by atoms with Gasteiger partial charge < -0.3 is 16.4 Å². The quantitative estimate of drug-likeness (QED) is 0.761. The van der Waals surface area contributed by atoms with Gasteiger partial charge in [-0.15, -0.1) is 0 Å². The minimum absolute atomic E-state index is 0.253. The summed E-state index contributed by atoms with van der Waals surface area (Å²) in [7, 11) is 0. The molecule has 4 N–H and O–H groups in total. The molecule has 21 heavy (non-hydrogen) atoms. The second-order valence-electron chi connectivity index (χ2n) is 4.48. The fourth-order valence-electron chi connectivity index (χ4n) is 1.76. The third-order valence-electron chi connectivity index (χ3n) is 2.85. The van der Waals surface area contributed by atoms with Gasteiger partial charge in [0.2, 0.25) is 0 Å². The molecule has 2 amide bonds. The maximum absolute atomic E-state index is 13.1. The molecule has 2 aromatic carbocycles. The summed E-state index contributed by atoms with van der Waals surface area (Å²) in [5.74, 6) is -0.417. The Bertz CT molecular complexity index is 703. The zero-order valence-corrected chi connectivity index (χ0v) is 12.1. The predicted molar refractivity (Wildman–Crippen MR) is 86.1 cm³/mol. The van der Waals surface area contributed by atoms with Crippen LogP contribution < -0.4 is 16.4 Å². The van der Waals surface area contributed by atoms with E-state index in [9.17, 15) is 9.18 Å². The summed E-state index contributed by atoms with van der Waals surface area (Å²) in [5, 5.41) is 5.24. The maximum Gasteiger partial charge on any atom is 0.323 e. The van der Waals surface area contributed by atoms with Crippen LogP contribution in [0.1, 0.15) is 11.1 Å². The fraction of sp³-hybridized carbons (Fsp3) is 0.0667. The molecular formula is C15H14FN3OS. The Kier molecular flexibility index (Phi) is 4.49. The van der Waals surface area contributed by atoms with E-state index in [0.717, 1.165) is 5.56 Å². The summed E-state index contributed by atoms with van der Waals surface area (Å²) in [6, 6.07) is 10.5. The highest BCUT2D eigenvalue weighted by Crippen LogP contribution is 2.17. The van der Waals surface area contributed by atoms with Crippen LogP contribution in [0, 0.1) is 12.7 Å². The van der Waals surface area contributed by atoms with Crippen molar-refractivity contribution in [2.45, 2.75) is 6.92 Å². The van der Waals surface area contributed by atoms with Crippen LogP contribution in [0.2, 0.25) is 0 Å². The first-order valence-corrected chi connectivity index (χ1v) is 6.60. The van der Waals surface area contributed by atoms with Gasteiger partial charge in [0.25, 0.3) is 0 Å². The van der Waals surface area contributed by atoms with Gasteiger partial charge in [-0.2, -0.15) is 0 Å². The van der Waals surface area contributed by atoms with Crippen LogP contribution in [0.15, 0.2) is 42.5 Å². The van der Waals surface area contributed by atoms with E-state index in [2.05, 4.69) is 10.6 Å². The van der Waals surface area contributed by atoms with Crippen LogP contribution in [-0.4, -0.2) is 11.0 Å². The highest BCUT2D eigenvalue weighted by molar-refractivity contribution is 7.80. The molecular weight excluding hydrogens is 289 g/mol. The maximum atomic E-state index is 13.1. The van der Waals surface area contributed by atoms with Gasteiger partial charge in [0, 0.05) is 16.9 Å². The van der Waals surface area contributed by atoms with Crippen LogP contribution >= 0.6 is 12.2 Å². The Hall–Kier alpha value is -2.47. The number of hydrogen-bond donors (Lipinski definition) is 3. The van der Waals surface area contributed by atoms with E-state index in [1.54, 1.807) is 18.2 Å². The number of nitrogens with one attached hydrogen (secondary N) is 2. The molecule has 0 aliphatic rings. The number of halogens is 1. The van der Waals surface area contributed by atoms with Crippen LogP contribution in [0.5, 0.6) is 0 Å². The standard InChI is InChI=1S/C15H14FN3OS/c1-9-5-6-10(14(17)21)7-13(9)19-15(20)18-12-4-2-3-11(16)8-12/h2-8H,1H3,(H2,17,21)(H2,18,19,20). The molecule has 0 heterocycles. The molecule has 0 atom stereocenters. The average Bonchev–Trinajstić information content (AvgIpc) is 2.41. The van der Waals surface area contributed by atoms with Crippen molar-refractivity contribution in [3.8, 4) is 0 Å². The van der Waals surface area contributed by atoms with Crippen LogP contribution in [0.4, 0.5) is 20.6 Å². The molecule has 6 heteroatoms. The van der Waals surface area contributed by atoms with Crippen LogP contribution in [0.25, 0.3) is 0 Å². The number of carbonyl (C=O) groups excluding carboxylic acids is 1. The number of anilines is 2. The molecule has 2 rings (SSSR count). The molecule has 0 aliphatic carbocycles. The monoisotopic (exact) mass is 303 g/mol. The van der Waals surface area contributed by atoms with E-state index in [0.29, 0.717) is 16.9 Å². The van der Waals surface area contributed by atoms with Crippen LogP contribution in [0.3, 0.4) is 0 Å². The number of thiocarbonyl (C=S) groups is 1. The first-order chi connectivity index (χ1) is 9.95. The minimum Gasteiger partial charge on any atom is -0.389 e. The molecule has 4 nitrogen and oxygen atoms in total. The Morgan fingerprint density at radius 2 is 1.95 bits per heavy atom. The molecule has 0 saturated heterocycles. The van der Waals surface area contributed by atoms with Gasteiger partial charge in [0.1, 0.15) is 10.8 Å². The molecule has 0 fully saturated rings. The highest BCUT2D eigenvalue weighted by Gasteiger charge is 2.07. The lowest BCUT2D eigenvalue weighted by Gasteiger charge is -2.11. The first kappa shape index (κ1) is 14.9. The molecule has 2 aromatic rings. The molecule has 108 valence electrons. The molecule has 0 unspecified atom stereocenters. The van der Waals surface area contributed by atoms with Crippen molar-refractivity contribution in [1.82, 2.24) is 0 Å². The van der Waals surface area contributed by atoms with Gasteiger partial charge in [0.05, 0.1) is 0 Å². The third-order valence-corrected chi connectivity index (χ3v) is 3.09. The third kappa shape index (κ3) is 4.00. The zero-order chi connectivity index (χ0) is 15.4. The summed E-state index contributed by atoms with van der Waals surface area (Å²) < 4.78 is 13.1. The Morgan fingerprint density at radius 3 is 2.62 bits per heavy atom. The Labute approximate surface area is 127 Å². The topological polar surface area (TPSA) is 67.1 Å². The van der Waals surface area contributed by atoms with E-state index in [1.165, 1.54) is 18.2 Å². The number of carbonyl (C=O) groups is 1. The van der Waals surface area contributed by atoms with Crippen molar-refractivity contribution >= 4 is 34.6 Å². The van der Waals surface area contributed by atoms with Crippen LogP contribution in [-0.2, 0) is 0 Å². The largest absolute Gasteiger partial charge is 0.389 e. The number of hydrogen-bond acceptors (Lipinski definition) is 2. The second-order valence-corrected chi connectivity index (χ2v) is 4.92. The molecule has 0 saturated carbocycles. The summed E-state index contributed by atoms with van der Waals surface area (Å²) in [6.45, 7) is 1.85. The van der Waals surface area contributed by atoms with Gasteiger partial charge in [-0.05, 0) is 36.8 Å². The van der Waals surface area contributed by atoms with Gasteiger partial charge in [0.15, 0.2) is 0 Å². The second kappa shape index (κ2) is 6.32. The van der Waals surface area contributed by atoms with Crippen molar-refractivity contribution in [3.63, 3.8) is 0 Å². The van der Waals surface area contributed by atoms with Crippen molar-refractivity contribution in [2.24, 2.45) is 5.73 Å². The lowest BCUT2D eigenvalue weighted by atomic mass is 10.1. The summed E-state index contributed by atoms with van der Waals surface area (Å²) in [4.78, 5) is 12.2. The van der Waals surface area contributed by atoms with E-state index >= 15 is 0 Å².